The second kappa shape index (κ2) is 7.90. The number of aliphatic hydroxyl groups excluding tert-OH is 1. The largest absolute Gasteiger partial charge is 0.871 e. The van der Waals surface area contributed by atoms with Crippen LogP contribution < -0.4 is 5.11 Å². The van der Waals surface area contributed by atoms with Crippen molar-refractivity contribution in [3.05, 3.63) is 28.2 Å². The van der Waals surface area contributed by atoms with Gasteiger partial charge in [0.1, 0.15) is 11.3 Å². The summed E-state index contributed by atoms with van der Waals surface area (Å²) in [5, 5.41) is 43.8. The quantitative estimate of drug-likeness (QED) is 0.556. The third-order valence-electron chi connectivity index (χ3n) is 7.37. The van der Waals surface area contributed by atoms with Gasteiger partial charge in [0.2, 0.25) is 5.88 Å². The molecule has 2 heterocycles. The van der Waals surface area contributed by atoms with Crippen molar-refractivity contribution in [1.82, 2.24) is 9.78 Å². The molecule has 0 radical (unpaired) electrons. The van der Waals surface area contributed by atoms with E-state index in [4.69, 9.17) is 0 Å². The van der Waals surface area contributed by atoms with E-state index < -0.39 is 11.5 Å². The van der Waals surface area contributed by atoms with Crippen LogP contribution in [0.5, 0.6) is 5.88 Å². The van der Waals surface area contributed by atoms with Gasteiger partial charge < -0.3 is 15.3 Å². The van der Waals surface area contributed by atoms with Gasteiger partial charge in [-0.1, -0.05) is 31.4 Å². The molecule has 32 heavy (non-hydrogen) atoms. The molecule has 8 nitrogen and oxygen atoms in total. The lowest BCUT2D eigenvalue weighted by Crippen LogP contribution is -2.34. The summed E-state index contributed by atoms with van der Waals surface area (Å²) in [6, 6.07) is 0.177. The molecule has 0 amide bonds. The van der Waals surface area contributed by atoms with Crippen molar-refractivity contribution in [2.45, 2.75) is 90.1 Å². The Balaban J connectivity index is 1.54. The summed E-state index contributed by atoms with van der Waals surface area (Å²) in [7, 11) is 0. The van der Waals surface area contributed by atoms with Gasteiger partial charge in [-0.15, -0.1) is 0 Å². The number of Topliss-reactive ketones (excluding diaryl/α,β-unsaturated/α-hetero) is 1. The summed E-state index contributed by atoms with van der Waals surface area (Å²) in [4.78, 5) is 13.2. The maximum Gasteiger partial charge on any atom is 0.401 e. The second-order valence-electron chi connectivity index (χ2n) is 9.45. The number of allylic oxidation sites excluding steroid dienone is 2. The van der Waals surface area contributed by atoms with Crippen molar-refractivity contribution in [2.24, 2.45) is 5.10 Å². The molecule has 0 unspecified atom stereocenters. The number of aliphatic hydroxyl groups is 1. The number of aryl methyl sites for hydroxylation is 1. The molecule has 0 spiro atoms. The summed E-state index contributed by atoms with van der Waals surface area (Å²) >= 11 is 0. The van der Waals surface area contributed by atoms with E-state index in [0.29, 0.717) is 11.4 Å². The average Bonchev–Trinajstić information content (AvgIpc) is 3.26. The van der Waals surface area contributed by atoms with E-state index in [0.717, 1.165) is 51.4 Å². The Hall–Kier alpha value is -2.90. The number of rotatable bonds is 3. The monoisotopic (exact) mass is 438 g/mol. The van der Waals surface area contributed by atoms with E-state index in [1.54, 1.807) is 23.2 Å². The van der Waals surface area contributed by atoms with E-state index in [1.165, 1.54) is 12.8 Å². The fourth-order valence-electron chi connectivity index (χ4n) is 5.66. The first kappa shape index (κ1) is 21.0. The van der Waals surface area contributed by atoms with E-state index >= 15 is 0 Å². The van der Waals surface area contributed by atoms with Gasteiger partial charge in [0.05, 0.1) is 17.3 Å². The molecule has 170 valence electrons. The SMILES string of the molecule is CC1=N[N+](C2CCCCC2)=C(O)/C1=C1\C(=O)C(c2c(C)nn(C3CCCCC3)c2O)=C1[O-]. The van der Waals surface area contributed by atoms with Gasteiger partial charge in [-0.05, 0) is 49.3 Å². The number of carbonyl (C=O) groups is 1. The van der Waals surface area contributed by atoms with Crippen molar-refractivity contribution in [1.29, 1.82) is 0 Å². The molecule has 5 rings (SSSR count). The van der Waals surface area contributed by atoms with Crippen LogP contribution >= 0.6 is 0 Å². The first-order chi connectivity index (χ1) is 15.4. The van der Waals surface area contributed by atoms with Crippen LogP contribution in [0.15, 0.2) is 22.0 Å². The van der Waals surface area contributed by atoms with Crippen LogP contribution in [0, 0.1) is 6.92 Å². The van der Waals surface area contributed by atoms with Crippen LogP contribution in [-0.2, 0) is 4.79 Å². The Morgan fingerprint density at radius 3 is 2.19 bits per heavy atom. The minimum Gasteiger partial charge on any atom is -0.871 e. The smallest absolute Gasteiger partial charge is 0.401 e. The Bertz CT molecular complexity index is 1110. The molecular formula is C24H30N4O4. The standard InChI is InChI=1S/C24H30N4O4/c1-13-17(23(31)27(25-13)15-9-5-3-6-10-15)19-21(29)20(22(19)30)18-14(2)26-28(24(18)32)16-11-7-4-8-12-16/h15-16H,3-12H2,1-2H3,(H2,25,26,29,30,31,32). The van der Waals surface area contributed by atoms with Gasteiger partial charge in [0.25, 0.3) is 0 Å². The highest BCUT2D eigenvalue weighted by Crippen LogP contribution is 2.44. The highest BCUT2D eigenvalue weighted by Gasteiger charge is 2.44. The highest BCUT2D eigenvalue weighted by atomic mass is 16.3. The molecule has 3 aliphatic carbocycles. The van der Waals surface area contributed by atoms with Gasteiger partial charge in [-0.2, -0.15) is 5.10 Å². The van der Waals surface area contributed by atoms with Gasteiger partial charge in [0, 0.05) is 24.0 Å². The third-order valence-corrected chi connectivity index (χ3v) is 7.37. The van der Waals surface area contributed by atoms with E-state index in [2.05, 4.69) is 10.2 Å². The molecule has 4 aliphatic rings. The predicted molar refractivity (Wildman–Crippen MR) is 118 cm³/mol. The molecule has 1 aromatic rings. The number of carbonyl (C=O) groups excluding carboxylic acids is 1. The van der Waals surface area contributed by atoms with Gasteiger partial charge in [0.15, 0.2) is 11.8 Å². The van der Waals surface area contributed by atoms with Crippen LogP contribution in [0.1, 0.15) is 88.4 Å². The molecule has 0 saturated heterocycles. The highest BCUT2D eigenvalue weighted by molar-refractivity contribution is 6.43. The Kier molecular flexibility index (Phi) is 5.18. The van der Waals surface area contributed by atoms with Crippen LogP contribution in [0.3, 0.4) is 0 Å². The minimum absolute atomic E-state index is 0.0405. The number of nitrogens with zero attached hydrogens (tertiary/aromatic N) is 4. The van der Waals surface area contributed by atoms with E-state index in [1.807, 2.05) is 0 Å². The normalized spacial score (nSPS) is 25.6. The Morgan fingerprint density at radius 1 is 0.938 bits per heavy atom. The molecule has 2 N–H and O–H groups in total. The lowest BCUT2D eigenvalue weighted by molar-refractivity contribution is -0.578. The van der Waals surface area contributed by atoms with Crippen molar-refractivity contribution in [3.63, 3.8) is 0 Å². The fourth-order valence-corrected chi connectivity index (χ4v) is 5.66. The van der Waals surface area contributed by atoms with Crippen LogP contribution in [-0.4, -0.2) is 48.1 Å². The molecule has 2 saturated carbocycles. The third kappa shape index (κ3) is 3.11. The topological polar surface area (TPSA) is 114 Å². The molecule has 0 aromatic carbocycles. The van der Waals surface area contributed by atoms with Crippen LogP contribution in [0.2, 0.25) is 0 Å². The van der Waals surface area contributed by atoms with Crippen molar-refractivity contribution in [2.75, 3.05) is 0 Å². The molecular weight excluding hydrogens is 408 g/mol. The lowest BCUT2D eigenvalue weighted by atomic mass is 9.80. The number of hydrazone groups is 1. The van der Waals surface area contributed by atoms with Crippen LogP contribution in [0.4, 0.5) is 0 Å². The molecule has 0 bridgehead atoms. The summed E-state index contributed by atoms with van der Waals surface area (Å²) in [5.74, 6) is -1.13. The number of aromatic nitrogens is 2. The lowest BCUT2D eigenvalue weighted by Gasteiger charge is -2.31. The summed E-state index contributed by atoms with van der Waals surface area (Å²) in [6.45, 7) is 3.42. The first-order valence-corrected chi connectivity index (χ1v) is 11.8. The number of ketones is 1. The van der Waals surface area contributed by atoms with Gasteiger partial charge >= 0.3 is 5.90 Å². The minimum atomic E-state index is -0.460. The summed E-state index contributed by atoms with van der Waals surface area (Å²) in [5.41, 5.74) is 1.32. The zero-order valence-electron chi connectivity index (χ0n) is 18.7. The van der Waals surface area contributed by atoms with Crippen molar-refractivity contribution in [3.8, 4) is 5.88 Å². The number of hydrogen-bond acceptors (Lipinski definition) is 5. The molecule has 1 aromatic heterocycles. The first-order valence-electron chi connectivity index (χ1n) is 11.8. The van der Waals surface area contributed by atoms with E-state index in [-0.39, 0.29) is 46.1 Å². The summed E-state index contributed by atoms with van der Waals surface area (Å²) < 4.78 is 3.17. The maximum absolute atomic E-state index is 13.2. The zero-order chi connectivity index (χ0) is 22.6. The van der Waals surface area contributed by atoms with Crippen LogP contribution in [0.25, 0.3) is 5.57 Å². The van der Waals surface area contributed by atoms with Gasteiger partial charge in [-0.25, -0.2) is 4.68 Å². The predicted octanol–water partition coefficient (Wildman–Crippen LogP) is 3.04. The molecule has 0 atom stereocenters. The second-order valence-corrected chi connectivity index (χ2v) is 9.45. The molecule has 8 heteroatoms. The number of aromatic hydroxyl groups is 1. The Morgan fingerprint density at radius 2 is 1.56 bits per heavy atom. The van der Waals surface area contributed by atoms with E-state index in [9.17, 15) is 20.1 Å². The van der Waals surface area contributed by atoms with Crippen molar-refractivity contribution < 1.29 is 24.8 Å². The maximum atomic E-state index is 13.2. The molecule has 2 fully saturated rings. The average molecular weight is 439 g/mol. The fraction of sp³-hybridized carbons (Fsp3) is 0.583. The Labute approximate surface area is 187 Å². The van der Waals surface area contributed by atoms with Gasteiger partial charge in [-0.3, -0.25) is 4.79 Å². The van der Waals surface area contributed by atoms with Crippen molar-refractivity contribution >= 4 is 23.0 Å². The molecule has 1 aliphatic heterocycles. The number of hydrogen-bond donors (Lipinski definition) is 2. The summed E-state index contributed by atoms with van der Waals surface area (Å²) in [6.07, 6.45) is 10.4. The zero-order valence-corrected chi connectivity index (χ0v) is 18.7.